The van der Waals surface area contributed by atoms with Gasteiger partial charge in [-0.2, -0.15) is 0 Å². The summed E-state index contributed by atoms with van der Waals surface area (Å²) in [6.45, 7) is 1.93. The molecule has 1 amide bonds. The molecule has 24 heavy (non-hydrogen) atoms. The molecule has 0 aliphatic carbocycles. The van der Waals surface area contributed by atoms with Gasteiger partial charge in [-0.3, -0.25) is 4.79 Å². The normalized spacial score (nSPS) is 11.5. The molecule has 122 valence electrons. The first-order chi connectivity index (χ1) is 11.6. The second-order valence-electron chi connectivity index (χ2n) is 5.29. The van der Waals surface area contributed by atoms with E-state index in [1.165, 1.54) is 0 Å². The zero-order valence-corrected chi connectivity index (χ0v) is 13.2. The number of hydrogen-bond acceptors (Lipinski definition) is 5. The van der Waals surface area contributed by atoms with Gasteiger partial charge in [-0.1, -0.05) is 12.1 Å². The van der Waals surface area contributed by atoms with Crippen LogP contribution in [0.4, 0.5) is 5.69 Å². The van der Waals surface area contributed by atoms with Crippen LogP contribution in [0.15, 0.2) is 58.1 Å². The maximum Gasteiger partial charge on any atom is 0.268 e. The maximum absolute atomic E-state index is 12.5. The molecule has 0 fully saturated rings. The number of ether oxygens (including phenoxy) is 1. The molecule has 6 heteroatoms. The number of aryl methyl sites for hydroxylation is 1. The van der Waals surface area contributed by atoms with Crippen molar-refractivity contribution in [1.82, 2.24) is 0 Å². The fourth-order valence-electron chi connectivity index (χ4n) is 2.39. The van der Waals surface area contributed by atoms with Crippen LogP contribution in [-0.4, -0.2) is 18.2 Å². The Hall–Kier alpha value is -3.28. The van der Waals surface area contributed by atoms with E-state index in [1.807, 2.05) is 25.1 Å². The lowest BCUT2D eigenvalue weighted by Crippen LogP contribution is -2.21. The Labute approximate surface area is 138 Å². The van der Waals surface area contributed by atoms with Gasteiger partial charge in [-0.15, -0.1) is 0 Å². The Balaban J connectivity index is 2.05. The molecule has 3 aromatic rings. The molecule has 0 spiro atoms. The van der Waals surface area contributed by atoms with E-state index in [4.69, 9.17) is 14.4 Å². The van der Waals surface area contributed by atoms with Crippen molar-refractivity contribution in [2.75, 3.05) is 12.4 Å². The van der Waals surface area contributed by atoms with Crippen molar-refractivity contribution >= 4 is 22.6 Å². The smallest absolute Gasteiger partial charge is 0.268 e. The summed E-state index contributed by atoms with van der Waals surface area (Å²) < 4.78 is 10.7. The van der Waals surface area contributed by atoms with Crippen LogP contribution in [0.2, 0.25) is 0 Å². The Morgan fingerprint density at radius 2 is 2.04 bits per heavy atom. The fraction of sp³-hybridized carbons (Fsp3) is 0.111. The third-order valence-corrected chi connectivity index (χ3v) is 3.57. The molecule has 0 aliphatic heterocycles. The third kappa shape index (κ3) is 3.08. The number of amides is 1. The van der Waals surface area contributed by atoms with Gasteiger partial charge in [0, 0.05) is 11.1 Å². The van der Waals surface area contributed by atoms with E-state index in [9.17, 15) is 4.79 Å². The number of nitrogens with one attached hydrogen (secondary N) is 1. The molecule has 1 heterocycles. The average Bonchev–Trinajstić information content (AvgIpc) is 2.60. The van der Waals surface area contributed by atoms with Crippen molar-refractivity contribution in [3.63, 3.8) is 0 Å². The first kappa shape index (κ1) is 15.6. The monoisotopic (exact) mass is 324 g/mol. The summed E-state index contributed by atoms with van der Waals surface area (Å²) in [6, 6.07) is 14.1. The topological polar surface area (TPSA) is 84.1 Å². The Bertz CT molecular complexity index is 976. The highest BCUT2D eigenvalue weighted by Crippen LogP contribution is 2.21. The van der Waals surface area contributed by atoms with Gasteiger partial charge in [0.1, 0.15) is 16.9 Å². The van der Waals surface area contributed by atoms with E-state index in [2.05, 4.69) is 10.5 Å². The molecule has 2 N–H and O–H groups in total. The zero-order valence-electron chi connectivity index (χ0n) is 13.2. The van der Waals surface area contributed by atoms with Gasteiger partial charge in [0.15, 0.2) is 0 Å². The van der Waals surface area contributed by atoms with Crippen LogP contribution in [0.1, 0.15) is 15.9 Å². The van der Waals surface area contributed by atoms with Gasteiger partial charge >= 0.3 is 0 Å². The van der Waals surface area contributed by atoms with Gasteiger partial charge in [0.05, 0.1) is 7.11 Å². The lowest BCUT2D eigenvalue weighted by molar-refractivity contribution is 0.102. The number of carbonyl (C=O) groups is 1. The average molecular weight is 324 g/mol. The highest BCUT2D eigenvalue weighted by molar-refractivity contribution is 6.05. The van der Waals surface area contributed by atoms with Crippen LogP contribution in [0.25, 0.3) is 11.0 Å². The van der Waals surface area contributed by atoms with Crippen molar-refractivity contribution in [3.8, 4) is 5.75 Å². The van der Waals surface area contributed by atoms with E-state index in [0.29, 0.717) is 22.4 Å². The van der Waals surface area contributed by atoms with E-state index in [0.717, 1.165) is 5.56 Å². The molecule has 0 saturated carbocycles. The van der Waals surface area contributed by atoms with Gasteiger partial charge in [0.2, 0.25) is 0 Å². The van der Waals surface area contributed by atoms with Crippen LogP contribution in [-0.2, 0) is 0 Å². The van der Waals surface area contributed by atoms with Gasteiger partial charge in [0.25, 0.3) is 11.5 Å². The summed E-state index contributed by atoms with van der Waals surface area (Å²) in [5, 5.41) is 15.7. The zero-order chi connectivity index (χ0) is 17.1. The summed E-state index contributed by atoms with van der Waals surface area (Å²) in [5.41, 5.74) is 2.12. The van der Waals surface area contributed by atoms with Crippen LogP contribution in [0, 0.1) is 6.92 Å². The minimum absolute atomic E-state index is 0.125. The summed E-state index contributed by atoms with van der Waals surface area (Å²) in [6.07, 6.45) is 0. The molecular weight excluding hydrogens is 308 g/mol. The highest BCUT2D eigenvalue weighted by atomic mass is 16.5. The number of anilines is 1. The number of hydrogen-bond donors (Lipinski definition) is 2. The van der Waals surface area contributed by atoms with Crippen LogP contribution in [0.3, 0.4) is 0 Å². The predicted octanol–water partition coefficient (Wildman–Crippen LogP) is 3.29. The van der Waals surface area contributed by atoms with Crippen molar-refractivity contribution in [2.24, 2.45) is 5.16 Å². The molecule has 0 radical (unpaired) electrons. The van der Waals surface area contributed by atoms with Crippen LogP contribution < -0.4 is 15.6 Å². The Morgan fingerprint density at radius 3 is 2.75 bits per heavy atom. The molecule has 0 unspecified atom stereocenters. The largest absolute Gasteiger partial charge is 0.497 e. The van der Waals surface area contributed by atoms with Gasteiger partial charge in [-0.05, 0) is 54.0 Å². The SMILES string of the molecule is COc1ccc2o/c(=N/O)c(C(=O)Nc3cccc(C)c3)cc2c1. The summed E-state index contributed by atoms with van der Waals surface area (Å²) >= 11 is 0. The van der Waals surface area contributed by atoms with Crippen molar-refractivity contribution in [3.05, 3.63) is 65.2 Å². The fourth-order valence-corrected chi connectivity index (χ4v) is 2.39. The quantitative estimate of drug-likeness (QED) is 0.572. The Kier molecular flexibility index (Phi) is 4.20. The minimum Gasteiger partial charge on any atom is -0.497 e. The molecule has 0 bridgehead atoms. The van der Waals surface area contributed by atoms with E-state index in [-0.39, 0.29) is 11.1 Å². The standard InChI is InChI=1S/C18H16N2O4/c1-11-4-3-5-13(8-11)19-17(21)15-10-12-9-14(23-2)6-7-16(12)24-18(15)20-22/h3-10,22H,1-2H3,(H,19,21)/b20-18+. The number of nitrogens with zero attached hydrogens (tertiary/aromatic N) is 1. The first-order valence-corrected chi connectivity index (χ1v) is 7.29. The third-order valence-electron chi connectivity index (χ3n) is 3.57. The summed E-state index contributed by atoms with van der Waals surface area (Å²) in [7, 11) is 1.56. The van der Waals surface area contributed by atoms with Crippen LogP contribution in [0.5, 0.6) is 5.75 Å². The van der Waals surface area contributed by atoms with E-state index in [1.54, 1.807) is 37.4 Å². The number of fused-ring (bicyclic) bond motifs is 1. The lowest BCUT2D eigenvalue weighted by Gasteiger charge is -2.07. The minimum atomic E-state index is -0.429. The number of carbonyl (C=O) groups excluding carboxylic acids is 1. The van der Waals surface area contributed by atoms with Crippen molar-refractivity contribution in [2.45, 2.75) is 6.92 Å². The molecule has 0 atom stereocenters. The van der Waals surface area contributed by atoms with Gasteiger partial charge < -0.3 is 19.7 Å². The van der Waals surface area contributed by atoms with E-state index < -0.39 is 5.91 Å². The number of methoxy groups -OCH3 is 1. The number of benzene rings is 2. The Morgan fingerprint density at radius 1 is 1.21 bits per heavy atom. The number of rotatable bonds is 3. The molecule has 0 saturated heterocycles. The van der Waals surface area contributed by atoms with Crippen LogP contribution >= 0.6 is 0 Å². The molecule has 2 aromatic carbocycles. The van der Waals surface area contributed by atoms with Gasteiger partial charge in [-0.25, -0.2) is 0 Å². The lowest BCUT2D eigenvalue weighted by atomic mass is 10.1. The molecule has 3 rings (SSSR count). The van der Waals surface area contributed by atoms with Crippen molar-refractivity contribution in [1.29, 1.82) is 0 Å². The van der Waals surface area contributed by atoms with E-state index >= 15 is 0 Å². The molecule has 1 aromatic heterocycles. The predicted molar refractivity (Wildman–Crippen MR) is 89.2 cm³/mol. The summed E-state index contributed by atoms with van der Waals surface area (Å²) in [5.74, 6) is 0.207. The maximum atomic E-state index is 12.5. The molecule has 0 aliphatic rings. The second-order valence-corrected chi connectivity index (χ2v) is 5.29. The summed E-state index contributed by atoms with van der Waals surface area (Å²) in [4.78, 5) is 12.5. The second kappa shape index (κ2) is 6.45. The first-order valence-electron chi connectivity index (χ1n) is 7.29. The molecule has 6 nitrogen and oxygen atoms in total. The van der Waals surface area contributed by atoms with Crippen molar-refractivity contribution < 1.29 is 19.2 Å². The molecular formula is C18H16N2O4. The highest BCUT2D eigenvalue weighted by Gasteiger charge is 2.14.